The summed E-state index contributed by atoms with van der Waals surface area (Å²) in [5, 5.41) is 11.9. The lowest BCUT2D eigenvalue weighted by Crippen LogP contribution is -2.38. The van der Waals surface area contributed by atoms with Crippen LogP contribution >= 0.6 is 0 Å². The topological polar surface area (TPSA) is 41.5 Å². The molecule has 0 aromatic carbocycles. The quantitative estimate of drug-likeness (QED) is 0.578. The third-order valence-corrected chi connectivity index (χ3v) is 1.67. The monoisotopic (exact) mass is 145 g/mol. The molecule has 1 atom stereocenters. The second-order valence-electron chi connectivity index (χ2n) is 3.17. The Hall–Kier alpha value is -0.120. The van der Waals surface area contributed by atoms with Crippen molar-refractivity contribution in [3.63, 3.8) is 0 Å². The summed E-state index contributed by atoms with van der Waals surface area (Å²) in [6.07, 6.45) is 0.781. The molecule has 0 bridgehead atoms. The van der Waals surface area contributed by atoms with Crippen molar-refractivity contribution in [1.29, 1.82) is 0 Å². The van der Waals surface area contributed by atoms with Crippen LogP contribution in [0, 0.1) is 0 Å². The number of ether oxygens (including phenoxy) is 1. The predicted molar refractivity (Wildman–Crippen MR) is 38.7 cm³/mol. The zero-order chi connectivity index (χ0) is 7.61. The molecule has 3 nitrogen and oxygen atoms in total. The van der Waals surface area contributed by atoms with Gasteiger partial charge < -0.3 is 9.84 Å². The van der Waals surface area contributed by atoms with Crippen LogP contribution in [-0.4, -0.2) is 30.1 Å². The number of nitrogens with one attached hydrogen (secondary N) is 1. The molecule has 10 heavy (non-hydrogen) atoms. The van der Waals surface area contributed by atoms with Gasteiger partial charge in [0.1, 0.15) is 5.72 Å². The van der Waals surface area contributed by atoms with Gasteiger partial charge in [-0.25, -0.2) is 0 Å². The van der Waals surface area contributed by atoms with Crippen molar-refractivity contribution >= 4 is 0 Å². The summed E-state index contributed by atoms with van der Waals surface area (Å²) in [5.41, 5.74) is -0.195. The lowest BCUT2D eigenvalue weighted by molar-refractivity contribution is 0.0230. The number of aliphatic hydroxyl groups excluding tert-OH is 1. The summed E-state index contributed by atoms with van der Waals surface area (Å²) < 4.78 is 5.38. The highest BCUT2D eigenvalue weighted by atomic mass is 16.5. The van der Waals surface area contributed by atoms with Crippen molar-refractivity contribution in [3.05, 3.63) is 0 Å². The Bertz CT molecular complexity index is 114. The van der Waals surface area contributed by atoms with Gasteiger partial charge in [-0.3, -0.25) is 5.32 Å². The highest BCUT2D eigenvalue weighted by molar-refractivity contribution is 4.81. The fraction of sp³-hybridized carbons (Fsp3) is 1.00. The Labute approximate surface area is 61.4 Å². The third-order valence-electron chi connectivity index (χ3n) is 1.67. The summed E-state index contributed by atoms with van der Waals surface area (Å²) in [4.78, 5) is 0. The van der Waals surface area contributed by atoms with E-state index in [0.717, 1.165) is 6.42 Å². The second-order valence-corrected chi connectivity index (χ2v) is 3.17. The van der Waals surface area contributed by atoms with Gasteiger partial charge in [-0.05, 0) is 20.3 Å². The normalized spacial score (nSPS) is 30.9. The van der Waals surface area contributed by atoms with Crippen LogP contribution in [0.1, 0.15) is 20.3 Å². The maximum Gasteiger partial charge on any atom is 0.113 e. The van der Waals surface area contributed by atoms with Gasteiger partial charge in [-0.2, -0.15) is 0 Å². The van der Waals surface area contributed by atoms with Crippen LogP contribution in [0.25, 0.3) is 0 Å². The van der Waals surface area contributed by atoms with Gasteiger partial charge in [0, 0.05) is 12.6 Å². The Morgan fingerprint density at radius 3 is 2.80 bits per heavy atom. The Balaban J connectivity index is 2.29. The molecule has 1 aliphatic heterocycles. The largest absolute Gasteiger partial charge is 0.396 e. The third kappa shape index (κ3) is 1.94. The Morgan fingerprint density at radius 1 is 1.70 bits per heavy atom. The molecule has 0 radical (unpaired) electrons. The van der Waals surface area contributed by atoms with E-state index in [1.807, 2.05) is 13.8 Å². The van der Waals surface area contributed by atoms with E-state index in [-0.39, 0.29) is 12.3 Å². The molecule has 60 valence electrons. The average molecular weight is 145 g/mol. The number of hydrogen-bond acceptors (Lipinski definition) is 3. The first-order valence-corrected chi connectivity index (χ1v) is 3.66. The number of rotatable bonds is 2. The second kappa shape index (κ2) is 2.86. The maximum absolute atomic E-state index is 8.60. The summed E-state index contributed by atoms with van der Waals surface area (Å²) in [5.74, 6) is 0. The Morgan fingerprint density at radius 2 is 2.40 bits per heavy atom. The van der Waals surface area contributed by atoms with Crippen LogP contribution in [0.2, 0.25) is 0 Å². The molecule has 0 amide bonds. The molecule has 1 rings (SSSR count). The van der Waals surface area contributed by atoms with E-state index in [9.17, 15) is 0 Å². The minimum Gasteiger partial charge on any atom is -0.396 e. The molecule has 3 heteroatoms. The molecule has 1 heterocycles. The van der Waals surface area contributed by atoms with E-state index in [4.69, 9.17) is 9.84 Å². The minimum atomic E-state index is -0.195. The van der Waals surface area contributed by atoms with Gasteiger partial charge in [-0.15, -0.1) is 0 Å². The van der Waals surface area contributed by atoms with E-state index in [1.165, 1.54) is 0 Å². The molecule has 0 aromatic heterocycles. The number of aliphatic hydroxyl groups is 1. The number of hydrogen-bond donors (Lipinski definition) is 2. The van der Waals surface area contributed by atoms with Gasteiger partial charge >= 0.3 is 0 Å². The van der Waals surface area contributed by atoms with Gasteiger partial charge in [0.05, 0.1) is 6.61 Å². The van der Waals surface area contributed by atoms with E-state index >= 15 is 0 Å². The summed E-state index contributed by atoms with van der Waals surface area (Å²) >= 11 is 0. The fourth-order valence-corrected chi connectivity index (χ4v) is 1.20. The minimum absolute atomic E-state index is 0.195. The smallest absolute Gasteiger partial charge is 0.113 e. The molecule has 1 fully saturated rings. The zero-order valence-electron chi connectivity index (χ0n) is 6.55. The standard InChI is InChI=1S/C7H15NO2/c1-7(2)8-6(3-4-9)5-10-7/h6,8-9H,3-5H2,1-2H3/t6-/m0/s1. The van der Waals surface area contributed by atoms with Gasteiger partial charge in [0.2, 0.25) is 0 Å². The molecular formula is C7H15NO2. The Kier molecular flexibility index (Phi) is 2.28. The van der Waals surface area contributed by atoms with E-state index in [2.05, 4.69) is 5.32 Å². The molecule has 1 aliphatic rings. The molecule has 0 unspecified atom stereocenters. The molecule has 2 N–H and O–H groups in total. The van der Waals surface area contributed by atoms with Crippen molar-refractivity contribution in [3.8, 4) is 0 Å². The first kappa shape index (κ1) is 7.98. The van der Waals surface area contributed by atoms with Crippen molar-refractivity contribution in [1.82, 2.24) is 5.32 Å². The van der Waals surface area contributed by atoms with Gasteiger partial charge in [0.25, 0.3) is 0 Å². The van der Waals surface area contributed by atoms with Crippen molar-refractivity contribution in [2.75, 3.05) is 13.2 Å². The van der Waals surface area contributed by atoms with E-state index < -0.39 is 0 Å². The zero-order valence-corrected chi connectivity index (χ0v) is 6.55. The molecule has 0 aliphatic carbocycles. The average Bonchev–Trinajstić information content (AvgIpc) is 2.12. The summed E-state index contributed by atoms with van der Waals surface area (Å²) in [6.45, 7) is 4.93. The summed E-state index contributed by atoms with van der Waals surface area (Å²) in [6, 6.07) is 0.333. The first-order valence-electron chi connectivity index (χ1n) is 3.66. The fourth-order valence-electron chi connectivity index (χ4n) is 1.20. The van der Waals surface area contributed by atoms with Crippen LogP contribution in [0.4, 0.5) is 0 Å². The van der Waals surface area contributed by atoms with E-state index in [0.29, 0.717) is 12.6 Å². The molecule has 0 saturated carbocycles. The van der Waals surface area contributed by atoms with Crippen LogP contribution in [0.15, 0.2) is 0 Å². The van der Waals surface area contributed by atoms with Crippen LogP contribution < -0.4 is 5.32 Å². The first-order chi connectivity index (χ1) is 4.64. The molecular weight excluding hydrogens is 130 g/mol. The molecule has 1 saturated heterocycles. The predicted octanol–water partition coefficient (Wildman–Crippen LogP) is 0.0933. The van der Waals surface area contributed by atoms with E-state index in [1.54, 1.807) is 0 Å². The van der Waals surface area contributed by atoms with Crippen molar-refractivity contribution in [2.45, 2.75) is 32.0 Å². The summed E-state index contributed by atoms with van der Waals surface area (Å²) in [7, 11) is 0. The van der Waals surface area contributed by atoms with Crippen LogP contribution in [0.5, 0.6) is 0 Å². The maximum atomic E-state index is 8.60. The van der Waals surface area contributed by atoms with Crippen molar-refractivity contribution in [2.24, 2.45) is 0 Å². The van der Waals surface area contributed by atoms with Crippen LogP contribution in [0.3, 0.4) is 0 Å². The van der Waals surface area contributed by atoms with Gasteiger partial charge in [-0.1, -0.05) is 0 Å². The molecule has 0 spiro atoms. The molecule has 0 aromatic rings. The highest BCUT2D eigenvalue weighted by Crippen LogP contribution is 2.15. The lowest BCUT2D eigenvalue weighted by Gasteiger charge is -2.17. The van der Waals surface area contributed by atoms with Crippen molar-refractivity contribution < 1.29 is 9.84 Å². The lowest BCUT2D eigenvalue weighted by atomic mass is 10.2. The van der Waals surface area contributed by atoms with Gasteiger partial charge in [0.15, 0.2) is 0 Å². The SMILES string of the molecule is CC1(C)N[C@@H](CCO)CO1. The highest BCUT2D eigenvalue weighted by Gasteiger charge is 2.29. The van der Waals surface area contributed by atoms with Crippen LogP contribution in [-0.2, 0) is 4.74 Å².